The van der Waals surface area contributed by atoms with Crippen LogP contribution >= 0.6 is 0 Å². The minimum absolute atomic E-state index is 0.705. The van der Waals surface area contributed by atoms with Gasteiger partial charge in [0.05, 0.1) is 0 Å². The van der Waals surface area contributed by atoms with Gasteiger partial charge in [0.25, 0.3) is 0 Å². The van der Waals surface area contributed by atoms with Crippen LogP contribution in [0.1, 0.15) is 45.4 Å². The highest BCUT2D eigenvalue weighted by Crippen LogP contribution is 2.44. The molecule has 0 radical (unpaired) electrons. The summed E-state index contributed by atoms with van der Waals surface area (Å²) in [5.41, 5.74) is 0.705. The number of nitrogens with one attached hydrogen (secondary N) is 1. The molecule has 1 spiro atoms. The summed E-state index contributed by atoms with van der Waals surface area (Å²) >= 11 is 0. The summed E-state index contributed by atoms with van der Waals surface area (Å²) in [5.74, 6) is 0.971. The molecule has 1 heteroatoms. The van der Waals surface area contributed by atoms with E-state index in [9.17, 15) is 0 Å². The highest BCUT2D eigenvalue weighted by Gasteiger charge is 2.38. The maximum absolute atomic E-state index is 3.58. The lowest BCUT2D eigenvalue weighted by Gasteiger charge is -2.45. The minimum atomic E-state index is 0.705. The average molecular weight is 167 g/mol. The molecule has 1 unspecified atom stereocenters. The van der Waals surface area contributed by atoms with Gasteiger partial charge in [-0.05, 0) is 37.1 Å². The zero-order chi connectivity index (χ0) is 8.44. The molecule has 1 N–H and O–H groups in total. The van der Waals surface area contributed by atoms with Gasteiger partial charge < -0.3 is 5.32 Å². The molecule has 1 saturated heterocycles. The summed E-state index contributed by atoms with van der Waals surface area (Å²) in [5, 5.41) is 3.58. The van der Waals surface area contributed by atoms with Crippen molar-refractivity contribution in [3.05, 3.63) is 0 Å². The molecular weight excluding hydrogens is 146 g/mol. The van der Waals surface area contributed by atoms with Gasteiger partial charge in [-0.1, -0.05) is 26.2 Å². The zero-order valence-corrected chi connectivity index (χ0v) is 8.23. The highest BCUT2D eigenvalue weighted by atomic mass is 14.9. The van der Waals surface area contributed by atoms with Crippen molar-refractivity contribution in [1.82, 2.24) is 5.32 Å². The molecular formula is C11H21N. The highest BCUT2D eigenvalue weighted by molar-refractivity contribution is 4.91. The van der Waals surface area contributed by atoms with Crippen molar-refractivity contribution in [2.45, 2.75) is 45.4 Å². The van der Waals surface area contributed by atoms with Crippen molar-refractivity contribution in [3.63, 3.8) is 0 Å². The van der Waals surface area contributed by atoms with Gasteiger partial charge in [-0.3, -0.25) is 0 Å². The Hall–Kier alpha value is -0.0400. The van der Waals surface area contributed by atoms with Crippen molar-refractivity contribution in [2.75, 3.05) is 13.1 Å². The summed E-state index contributed by atoms with van der Waals surface area (Å²) < 4.78 is 0. The Morgan fingerprint density at radius 3 is 2.58 bits per heavy atom. The summed E-state index contributed by atoms with van der Waals surface area (Å²) in [6.45, 7) is 5.02. The summed E-state index contributed by atoms with van der Waals surface area (Å²) in [6, 6.07) is 0. The van der Waals surface area contributed by atoms with Crippen LogP contribution in [0.5, 0.6) is 0 Å². The summed E-state index contributed by atoms with van der Waals surface area (Å²) in [7, 11) is 0. The molecule has 1 aliphatic heterocycles. The maximum atomic E-state index is 3.58. The molecule has 0 aromatic rings. The van der Waals surface area contributed by atoms with Crippen LogP contribution in [0.4, 0.5) is 0 Å². The second-order valence-corrected chi connectivity index (χ2v) is 4.79. The van der Waals surface area contributed by atoms with Crippen LogP contribution in [0.15, 0.2) is 0 Å². The molecule has 2 rings (SSSR count). The Kier molecular flexibility index (Phi) is 2.40. The van der Waals surface area contributed by atoms with Crippen LogP contribution in [-0.2, 0) is 0 Å². The van der Waals surface area contributed by atoms with Crippen LogP contribution < -0.4 is 5.32 Å². The first kappa shape index (κ1) is 8.55. The van der Waals surface area contributed by atoms with Crippen molar-refractivity contribution in [1.29, 1.82) is 0 Å². The third-order valence-corrected chi connectivity index (χ3v) is 4.13. The van der Waals surface area contributed by atoms with E-state index in [4.69, 9.17) is 0 Å². The first-order chi connectivity index (χ1) is 5.83. The molecule has 0 aromatic heterocycles. The van der Waals surface area contributed by atoms with E-state index >= 15 is 0 Å². The van der Waals surface area contributed by atoms with E-state index in [0.717, 1.165) is 5.92 Å². The average Bonchev–Trinajstić information content (AvgIpc) is 2.12. The van der Waals surface area contributed by atoms with E-state index in [1.165, 1.54) is 51.6 Å². The molecule has 0 bridgehead atoms. The second kappa shape index (κ2) is 3.37. The molecule has 12 heavy (non-hydrogen) atoms. The van der Waals surface area contributed by atoms with E-state index in [1.807, 2.05) is 0 Å². The largest absolute Gasteiger partial charge is 0.316 e. The Morgan fingerprint density at radius 2 is 1.92 bits per heavy atom. The predicted molar refractivity (Wildman–Crippen MR) is 52.2 cm³/mol. The number of rotatable bonds is 0. The van der Waals surface area contributed by atoms with Crippen molar-refractivity contribution < 1.29 is 0 Å². The normalized spacial score (nSPS) is 35.2. The van der Waals surface area contributed by atoms with Gasteiger partial charge in [0.15, 0.2) is 0 Å². The van der Waals surface area contributed by atoms with E-state index in [0.29, 0.717) is 5.41 Å². The fourth-order valence-electron chi connectivity index (χ4n) is 3.06. The molecule has 2 aliphatic rings. The van der Waals surface area contributed by atoms with E-state index in [2.05, 4.69) is 12.2 Å². The predicted octanol–water partition coefficient (Wildman–Crippen LogP) is 2.57. The van der Waals surface area contributed by atoms with Crippen LogP contribution in [0.3, 0.4) is 0 Å². The smallest absolute Gasteiger partial charge is 0.00104 e. The van der Waals surface area contributed by atoms with Crippen molar-refractivity contribution in [2.24, 2.45) is 11.3 Å². The second-order valence-electron chi connectivity index (χ2n) is 4.79. The zero-order valence-electron chi connectivity index (χ0n) is 8.23. The Labute approximate surface area is 75.9 Å². The molecule has 1 nitrogen and oxygen atoms in total. The van der Waals surface area contributed by atoms with Crippen LogP contribution in [0, 0.1) is 11.3 Å². The summed E-state index contributed by atoms with van der Waals surface area (Å²) in [4.78, 5) is 0. The molecule has 1 aliphatic carbocycles. The van der Waals surface area contributed by atoms with Gasteiger partial charge in [0, 0.05) is 6.54 Å². The van der Waals surface area contributed by atoms with Gasteiger partial charge >= 0.3 is 0 Å². The first-order valence-corrected chi connectivity index (χ1v) is 5.54. The van der Waals surface area contributed by atoms with E-state index in [-0.39, 0.29) is 0 Å². The van der Waals surface area contributed by atoms with Gasteiger partial charge in [0.2, 0.25) is 0 Å². The van der Waals surface area contributed by atoms with Gasteiger partial charge in [-0.15, -0.1) is 0 Å². The fourth-order valence-corrected chi connectivity index (χ4v) is 3.06. The Balaban J connectivity index is 2.04. The minimum Gasteiger partial charge on any atom is -0.316 e. The Bertz CT molecular complexity index is 139. The summed E-state index contributed by atoms with van der Waals surface area (Å²) in [6.07, 6.45) is 8.81. The quantitative estimate of drug-likeness (QED) is 0.584. The van der Waals surface area contributed by atoms with Crippen LogP contribution in [0.25, 0.3) is 0 Å². The van der Waals surface area contributed by atoms with Gasteiger partial charge in [-0.2, -0.15) is 0 Å². The molecule has 1 saturated carbocycles. The monoisotopic (exact) mass is 167 g/mol. The lowest BCUT2D eigenvalue weighted by molar-refractivity contribution is 0.0747. The molecule has 1 heterocycles. The standard InChI is InChI=1S/C11H21N/c1-10-5-8-12-9-11(10)6-3-2-4-7-11/h10,12H,2-9H2,1H3. The van der Waals surface area contributed by atoms with Crippen molar-refractivity contribution in [3.8, 4) is 0 Å². The third kappa shape index (κ3) is 1.39. The van der Waals surface area contributed by atoms with Crippen molar-refractivity contribution >= 4 is 0 Å². The SMILES string of the molecule is CC1CCNCC12CCCCC2. The van der Waals surface area contributed by atoms with E-state index < -0.39 is 0 Å². The molecule has 0 amide bonds. The maximum Gasteiger partial charge on any atom is 0.00104 e. The van der Waals surface area contributed by atoms with Gasteiger partial charge in [0.1, 0.15) is 0 Å². The number of hydrogen-bond donors (Lipinski definition) is 1. The molecule has 1 atom stereocenters. The topological polar surface area (TPSA) is 12.0 Å². The van der Waals surface area contributed by atoms with Crippen LogP contribution in [0.2, 0.25) is 0 Å². The Morgan fingerprint density at radius 1 is 1.17 bits per heavy atom. The van der Waals surface area contributed by atoms with Gasteiger partial charge in [-0.25, -0.2) is 0 Å². The molecule has 0 aromatic carbocycles. The number of hydrogen-bond acceptors (Lipinski definition) is 1. The lowest BCUT2D eigenvalue weighted by atomic mass is 9.64. The first-order valence-electron chi connectivity index (χ1n) is 5.54. The number of piperidine rings is 1. The van der Waals surface area contributed by atoms with E-state index in [1.54, 1.807) is 0 Å². The molecule has 2 fully saturated rings. The molecule has 70 valence electrons. The lowest BCUT2D eigenvalue weighted by Crippen LogP contribution is -2.46. The van der Waals surface area contributed by atoms with Crippen LogP contribution in [-0.4, -0.2) is 13.1 Å². The third-order valence-electron chi connectivity index (χ3n) is 4.13. The fraction of sp³-hybridized carbons (Fsp3) is 1.00.